The van der Waals surface area contributed by atoms with Crippen molar-refractivity contribution in [3.63, 3.8) is 0 Å². The van der Waals surface area contributed by atoms with Gasteiger partial charge in [0.2, 0.25) is 11.8 Å². The van der Waals surface area contributed by atoms with Crippen LogP contribution in [0.2, 0.25) is 0 Å². The number of rotatable bonds is 7. The van der Waals surface area contributed by atoms with Gasteiger partial charge in [-0.3, -0.25) is 19.9 Å². The number of carbonyl (C=O) groups excluding carboxylic acids is 2. The SMILES string of the molecule is Cc1ccc(S(=O)(=O)NNC(=O)C2CCCN(CC(=O)Nc3ccccc3)C2)cc1. The Morgan fingerprint density at radius 2 is 1.77 bits per heavy atom. The number of anilines is 1. The first-order valence-electron chi connectivity index (χ1n) is 9.79. The molecule has 3 N–H and O–H groups in total. The lowest BCUT2D eigenvalue weighted by Gasteiger charge is -2.31. The van der Waals surface area contributed by atoms with Crippen molar-refractivity contribution in [2.75, 3.05) is 25.0 Å². The fraction of sp³-hybridized carbons (Fsp3) is 0.333. The molecule has 0 bridgehead atoms. The summed E-state index contributed by atoms with van der Waals surface area (Å²) in [7, 11) is -3.84. The molecule has 1 aliphatic rings. The number of amides is 2. The number of aryl methyl sites for hydroxylation is 1. The van der Waals surface area contributed by atoms with Gasteiger partial charge in [-0.25, -0.2) is 8.42 Å². The highest BCUT2D eigenvalue weighted by Gasteiger charge is 2.27. The van der Waals surface area contributed by atoms with Gasteiger partial charge in [0, 0.05) is 12.2 Å². The van der Waals surface area contributed by atoms with E-state index in [-0.39, 0.29) is 17.3 Å². The minimum atomic E-state index is -3.84. The maximum Gasteiger partial charge on any atom is 0.257 e. The van der Waals surface area contributed by atoms with Gasteiger partial charge in [0.25, 0.3) is 10.0 Å². The van der Waals surface area contributed by atoms with Crippen LogP contribution in [0.1, 0.15) is 18.4 Å². The molecule has 30 heavy (non-hydrogen) atoms. The molecule has 1 unspecified atom stereocenters. The van der Waals surface area contributed by atoms with E-state index in [0.29, 0.717) is 19.5 Å². The van der Waals surface area contributed by atoms with Gasteiger partial charge in [-0.05, 0) is 50.6 Å². The highest BCUT2D eigenvalue weighted by Crippen LogP contribution is 2.17. The van der Waals surface area contributed by atoms with E-state index < -0.39 is 21.8 Å². The van der Waals surface area contributed by atoms with Gasteiger partial charge < -0.3 is 5.32 Å². The van der Waals surface area contributed by atoms with Crippen LogP contribution in [0.3, 0.4) is 0 Å². The molecule has 0 aliphatic carbocycles. The standard InChI is InChI=1S/C21H26N4O4S/c1-16-9-11-19(12-10-16)30(28,29)24-23-21(27)17-6-5-13-25(14-17)15-20(26)22-18-7-3-2-4-8-18/h2-4,7-12,17,24H,5-6,13-15H2,1H3,(H,22,26)(H,23,27). The van der Waals surface area contributed by atoms with E-state index in [4.69, 9.17) is 0 Å². The summed E-state index contributed by atoms with van der Waals surface area (Å²) in [5, 5.41) is 2.83. The molecule has 2 aromatic carbocycles. The van der Waals surface area contributed by atoms with Crippen LogP contribution in [0.15, 0.2) is 59.5 Å². The number of nitrogens with zero attached hydrogens (tertiary/aromatic N) is 1. The molecule has 0 saturated carbocycles. The minimum absolute atomic E-state index is 0.0799. The molecular formula is C21H26N4O4S. The Labute approximate surface area is 176 Å². The van der Waals surface area contributed by atoms with Crippen LogP contribution < -0.4 is 15.6 Å². The number of hydrogen-bond acceptors (Lipinski definition) is 5. The van der Waals surface area contributed by atoms with Crippen molar-refractivity contribution < 1.29 is 18.0 Å². The minimum Gasteiger partial charge on any atom is -0.325 e. The van der Waals surface area contributed by atoms with E-state index in [9.17, 15) is 18.0 Å². The fourth-order valence-electron chi connectivity index (χ4n) is 3.33. The van der Waals surface area contributed by atoms with Gasteiger partial charge in [-0.1, -0.05) is 35.9 Å². The van der Waals surface area contributed by atoms with E-state index in [1.807, 2.05) is 42.2 Å². The molecule has 1 atom stereocenters. The van der Waals surface area contributed by atoms with Crippen LogP contribution in [0.5, 0.6) is 0 Å². The summed E-state index contributed by atoms with van der Waals surface area (Å²) in [6, 6.07) is 15.5. The monoisotopic (exact) mass is 430 g/mol. The predicted molar refractivity (Wildman–Crippen MR) is 114 cm³/mol. The average molecular weight is 431 g/mol. The Bertz CT molecular complexity index is 978. The number of nitrogens with one attached hydrogen (secondary N) is 3. The van der Waals surface area contributed by atoms with Crippen molar-refractivity contribution in [2.24, 2.45) is 5.92 Å². The second kappa shape index (κ2) is 9.84. The number of para-hydroxylation sites is 1. The zero-order valence-corrected chi connectivity index (χ0v) is 17.6. The molecule has 9 heteroatoms. The van der Waals surface area contributed by atoms with E-state index >= 15 is 0 Å². The van der Waals surface area contributed by atoms with E-state index in [0.717, 1.165) is 17.7 Å². The largest absolute Gasteiger partial charge is 0.325 e. The van der Waals surface area contributed by atoms with Crippen molar-refractivity contribution in [3.05, 3.63) is 60.2 Å². The molecule has 2 aromatic rings. The Balaban J connectivity index is 1.50. The quantitative estimate of drug-likeness (QED) is 0.579. The van der Waals surface area contributed by atoms with E-state index in [1.165, 1.54) is 12.1 Å². The highest BCUT2D eigenvalue weighted by molar-refractivity contribution is 7.89. The molecular weight excluding hydrogens is 404 g/mol. The number of piperidine rings is 1. The van der Waals surface area contributed by atoms with Crippen molar-refractivity contribution in [3.8, 4) is 0 Å². The number of carbonyl (C=O) groups is 2. The van der Waals surface area contributed by atoms with E-state index in [2.05, 4.69) is 15.6 Å². The molecule has 8 nitrogen and oxygen atoms in total. The molecule has 1 fully saturated rings. The predicted octanol–water partition coefficient (Wildman–Crippen LogP) is 1.66. The summed E-state index contributed by atoms with van der Waals surface area (Å²) in [6.45, 7) is 3.13. The highest BCUT2D eigenvalue weighted by atomic mass is 32.2. The van der Waals surface area contributed by atoms with E-state index in [1.54, 1.807) is 12.1 Å². The summed E-state index contributed by atoms with van der Waals surface area (Å²) < 4.78 is 24.6. The van der Waals surface area contributed by atoms with Crippen molar-refractivity contribution in [1.82, 2.24) is 15.2 Å². The lowest BCUT2D eigenvalue weighted by Crippen LogP contribution is -2.49. The van der Waals surface area contributed by atoms with Gasteiger partial charge in [0.05, 0.1) is 17.4 Å². The fourth-order valence-corrected chi connectivity index (χ4v) is 4.18. The molecule has 1 aliphatic heterocycles. The number of hydrazine groups is 1. The van der Waals surface area contributed by atoms with Gasteiger partial charge >= 0.3 is 0 Å². The van der Waals surface area contributed by atoms with Crippen LogP contribution in [-0.2, 0) is 19.6 Å². The first-order chi connectivity index (χ1) is 14.3. The van der Waals surface area contributed by atoms with Gasteiger partial charge in [-0.15, -0.1) is 4.83 Å². The van der Waals surface area contributed by atoms with Crippen molar-refractivity contribution in [2.45, 2.75) is 24.7 Å². The third kappa shape index (κ3) is 6.12. The maximum absolute atomic E-state index is 12.5. The molecule has 160 valence electrons. The topological polar surface area (TPSA) is 108 Å². The summed E-state index contributed by atoms with van der Waals surface area (Å²) in [5.74, 6) is -0.954. The molecule has 0 radical (unpaired) electrons. The zero-order valence-electron chi connectivity index (χ0n) is 16.8. The number of hydrogen-bond donors (Lipinski definition) is 3. The lowest BCUT2D eigenvalue weighted by molar-refractivity contribution is -0.128. The third-order valence-electron chi connectivity index (χ3n) is 4.94. The Morgan fingerprint density at radius 1 is 1.07 bits per heavy atom. The Morgan fingerprint density at radius 3 is 2.47 bits per heavy atom. The second-order valence-electron chi connectivity index (χ2n) is 7.40. The summed E-state index contributed by atoms with van der Waals surface area (Å²) in [5.41, 5.74) is 3.98. The third-order valence-corrected chi connectivity index (χ3v) is 6.20. The summed E-state index contributed by atoms with van der Waals surface area (Å²) in [6.07, 6.45) is 1.39. The van der Waals surface area contributed by atoms with Gasteiger partial charge in [-0.2, -0.15) is 0 Å². The Kier molecular flexibility index (Phi) is 7.20. The molecule has 0 spiro atoms. The number of sulfonamides is 1. The van der Waals surface area contributed by atoms with Crippen molar-refractivity contribution >= 4 is 27.5 Å². The average Bonchev–Trinajstić information content (AvgIpc) is 2.73. The molecule has 1 saturated heterocycles. The number of likely N-dealkylation sites (tertiary alicyclic amines) is 1. The molecule has 0 aromatic heterocycles. The molecule has 1 heterocycles. The smallest absolute Gasteiger partial charge is 0.257 e. The maximum atomic E-state index is 12.5. The van der Waals surface area contributed by atoms with Crippen LogP contribution in [0, 0.1) is 12.8 Å². The second-order valence-corrected chi connectivity index (χ2v) is 9.08. The first kappa shape index (κ1) is 21.9. The van der Waals surface area contributed by atoms with Crippen LogP contribution in [0.25, 0.3) is 0 Å². The van der Waals surface area contributed by atoms with Crippen molar-refractivity contribution in [1.29, 1.82) is 0 Å². The first-order valence-corrected chi connectivity index (χ1v) is 11.3. The van der Waals surface area contributed by atoms with Gasteiger partial charge in [0.15, 0.2) is 0 Å². The Hall–Kier alpha value is -2.75. The van der Waals surface area contributed by atoms with Crippen LogP contribution in [0.4, 0.5) is 5.69 Å². The zero-order chi connectivity index (χ0) is 21.6. The number of benzene rings is 2. The van der Waals surface area contributed by atoms with Crippen LogP contribution in [-0.4, -0.2) is 44.8 Å². The van der Waals surface area contributed by atoms with Gasteiger partial charge in [0.1, 0.15) is 0 Å². The van der Waals surface area contributed by atoms with Crippen LogP contribution >= 0.6 is 0 Å². The normalized spacial score (nSPS) is 17.3. The lowest BCUT2D eigenvalue weighted by atomic mass is 9.97. The summed E-state index contributed by atoms with van der Waals surface area (Å²) in [4.78, 5) is 28.9. The molecule has 2 amide bonds. The summed E-state index contributed by atoms with van der Waals surface area (Å²) >= 11 is 0. The molecule has 3 rings (SSSR count).